The van der Waals surface area contributed by atoms with Crippen LogP contribution in [0.4, 0.5) is 5.69 Å². The van der Waals surface area contributed by atoms with Crippen molar-refractivity contribution in [1.82, 2.24) is 5.32 Å². The number of anilines is 1. The number of para-hydroxylation sites is 1. The van der Waals surface area contributed by atoms with Crippen molar-refractivity contribution < 1.29 is 14.7 Å². The topological polar surface area (TPSA) is 69.6 Å². The van der Waals surface area contributed by atoms with Gasteiger partial charge in [-0.3, -0.25) is 14.9 Å². The van der Waals surface area contributed by atoms with Gasteiger partial charge in [-0.15, -0.1) is 0 Å². The number of hydrogen-bond acceptors (Lipinski definition) is 4. The Morgan fingerprint density at radius 3 is 2.31 bits per heavy atom. The first-order chi connectivity index (χ1) is 14.1. The second-order valence-electron chi connectivity index (χ2n) is 8.61. The van der Waals surface area contributed by atoms with E-state index in [1.54, 1.807) is 12.1 Å². The molecular weight excluding hydrogens is 364 g/mol. The third-order valence-electron chi connectivity index (χ3n) is 6.44. The van der Waals surface area contributed by atoms with Crippen LogP contribution in [0.1, 0.15) is 77.6 Å². The number of fused-ring (bicyclic) bond motifs is 1. The van der Waals surface area contributed by atoms with Crippen molar-refractivity contribution in [2.75, 3.05) is 4.90 Å². The molecule has 0 radical (unpaired) electrons. The number of nitrogens with one attached hydrogen (secondary N) is 1. The molecule has 2 saturated heterocycles. The van der Waals surface area contributed by atoms with Crippen LogP contribution in [0.2, 0.25) is 0 Å². The molecule has 0 aromatic heterocycles. The summed E-state index contributed by atoms with van der Waals surface area (Å²) in [6.45, 7) is 2.23. The van der Waals surface area contributed by atoms with Crippen molar-refractivity contribution >= 4 is 17.5 Å². The van der Waals surface area contributed by atoms with Gasteiger partial charge in [0, 0.05) is 6.04 Å². The first-order valence-electron chi connectivity index (χ1n) is 11.5. The summed E-state index contributed by atoms with van der Waals surface area (Å²) in [7, 11) is 0. The lowest BCUT2D eigenvalue weighted by molar-refractivity contribution is -0.122. The fourth-order valence-electron chi connectivity index (χ4n) is 4.70. The minimum atomic E-state index is -0.505. The second kappa shape index (κ2) is 10.9. The minimum absolute atomic E-state index is 0.103. The Hall–Kier alpha value is -1.72. The highest BCUT2D eigenvalue weighted by atomic mass is 16.3. The van der Waals surface area contributed by atoms with E-state index >= 15 is 0 Å². The van der Waals surface area contributed by atoms with Crippen molar-refractivity contribution in [1.29, 1.82) is 0 Å². The zero-order valence-corrected chi connectivity index (χ0v) is 17.7. The molecule has 29 heavy (non-hydrogen) atoms. The Balaban J connectivity index is 1.44. The van der Waals surface area contributed by atoms with E-state index in [1.165, 1.54) is 43.4 Å². The lowest BCUT2D eigenvalue weighted by atomic mass is 9.86. The van der Waals surface area contributed by atoms with Gasteiger partial charge in [0.1, 0.15) is 0 Å². The van der Waals surface area contributed by atoms with Gasteiger partial charge in [0.05, 0.1) is 23.8 Å². The smallest absolute Gasteiger partial charge is 0.251 e. The number of nitrogens with zero attached hydrogens (tertiary/aromatic N) is 1. The normalized spacial score (nSPS) is 25.3. The van der Waals surface area contributed by atoms with Crippen LogP contribution in [0.15, 0.2) is 30.3 Å². The molecule has 4 atom stereocenters. The molecule has 2 amide bonds. The van der Waals surface area contributed by atoms with Gasteiger partial charge in [0.25, 0.3) is 5.91 Å². The number of aliphatic hydroxyl groups excluding tert-OH is 1. The molecule has 1 aromatic rings. The van der Waals surface area contributed by atoms with Crippen LogP contribution in [0.3, 0.4) is 0 Å². The molecular formula is C24H36N2O3. The van der Waals surface area contributed by atoms with Gasteiger partial charge >= 0.3 is 0 Å². The minimum Gasteiger partial charge on any atom is -0.392 e. The average molecular weight is 401 g/mol. The molecule has 2 N–H and O–H groups in total. The maximum atomic E-state index is 12.9. The molecule has 0 bridgehead atoms. The van der Waals surface area contributed by atoms with E-state index in [-0.39, 0.29) is 23.8 Å². The van der Waals surface area contributed by atoms with Crippen molar-refractivity contribution in [3.63, 3.8) is 0 Å². The summed E-state index contributed by atoms with van der Waals surface area (Å²) in [4.78, 5) is 27.0. The standard InChI is InChI=1S/C24H36N2O3/c1-2-3-4-5-6-7-8-12-15-21(27)20-17-16-19-22(25-20)24(29)26(23(19)28)18-13-10-9-11-14-18/h9-11,13-14,19-22,25,27H,2-8,12,15-17H2,1H3/t19?,20-,21-,22?/m1/s1. The number of aliphatic hydroxyl groups is 1. The molecule has 3 rings (SSSR count). The fourth-order valence-corrected chi connectivity index (χ4v) is 4.70. The van der Waals surface area contributed by atoms with Crippen LogP contribution < -0.4 is 10.2 Å². The van der Waals surface area contributed by atoms with E-state index in [0.29, 0.717) is 12.1 Å². The van der Waals surface area contributed by atoms with Crippen molar-refractivity contribution in [2.24, 2.45) is 5.92 Å². The Morgan fingerprint density at radius 1 is 0.966 bits per heavy atom. The molecule has 5 nitrogen and oxygen atoms in total. The van der Waals surface area contributed by atoms with Crippen LogP contribution in [-0.4, -0.2) is 35.1 Å². The molecule has 1 aromatic carbocycles. The molecule has 0 aliphatic carbocycles. The number of rotatable bonds is 11. The van der Waals surface area contributed by atoms with E-state index in [4.69, 9.17) is 0 Å². The maximum absolute atomic E-state index is 12.9. The van der Waals surface area contributed by atoms with Crippen LogP contribution in [0, 0.1) is 5.92 Å². The van der Waals surface area contributed by atoms with Crippen molar-refractivity contribution in [3.8, 4) is 0 Å². The predicted octanol–water partition coefficient (Wildman–Crippen LogP) is 4.19. The van der Waals surface area contributed by atoms with Crippen LogP contribution >= 0.6 is 0 Å². The van der Waals surface area contributed by atoms with Gasteiger partial charge in [-0.2, -0.15) is 0 Å². The van der Waals surface area contributed by atoms with Gasteiger partial charge in [-0.25, -0.2) is 4.90 Å². The molecule has 160 valence electrons. The number of hydrogen-bond donors (Lipinski definition) is 2. The highest BCUT2D eigenvalue weighted by molar-refractivity contribution is 6.23. The van der Waals surface area contributed by atoms with Crippen molar-refractivity contribution in [3.05, 3.63) is 30.3 Å². The number of amides is 2. The summed E-state index contributed by atoms with van der Waals surface area (Å²) in [6.07, 6.45) is 11.6. The summed E-state index contributed by atoms with van der Waals surface area (Å²) in [5.41, 5.74) is 0.634. The van der Waals surface area contributed by atoms with Crippen LogP contribution in [0.25, 0.3) is 0 Å². The Morgan fingerprint density at radius 2 is 1.62 bits per heavy atom. The molecule has 2 aliphatic heterocycles. The molecule has 0 saturated carbocycles. The summed E-state index contributed by atoms with van der Waals surface area (Å²) in [6, 6.07) is 8.52. The zero-order chi connectivity index (χ0) is 20.6. The van der Waals surface area contributed by atoms with Crippen molar-refractivity contribution in [2.45, 2.75) is 95.7 Å². The third kappa shape index (κ3) is 5.46. The number of carbonyl (C=O) groups excluding carboxylic acids is 2. The maximum Gasteiger partial charge on any atom is 0.251 e. The molecule has 2 heterocycles. The van der Waals surface area contributed by atoms with E-state index in [2.05, 4.69) is 12.2 Å². The Labute approximate surface area is 174 Å². The predicted molar refractivity (Wildman–Crippen MR) is 116 cm³/mol. The average Bonchev–Trinajstić information content (AvgIpc) is 3.00. The Bertz CT molecular complexity index is 663. The van der Waals surface area contributed by atoms with Gasteiger partial charge in [-0.05, 0) is 31.4 Å². The number of carbonyl (C=O) groups is 2. The summed E-state index contributed by atoms with van der Waals surface area (Å²) in [5.74, 6) is -0.612. The monoisotopic (exact) mass is 400 g/mol. The third-order valence-corrected chi connectivity index (χ3v) is 6.44. The lowest BCUT2D eigenvalue weighted by Gasteiger charge is -2.33. The van der Waals surface area contributed by atoms with E-state index in [0.717, 1.165) is 25.7 Å². The van der Waals surface area contributed by atoms with Gasteiger partial charge in [-0.1, -0.05) is 76.5 Å². The molecule has 5 heteroatoms. The highest BCUT2D eigenvalue weighted by Crippen LogP contribution is 2.33. The largest absolute Gasteiger partial charge is 0.392 e. The molecule has 2 fully saturated rings. The van der Waals surface area contributed by atoms with Crippen LogP contribution in [0.5, 0.6) is 0 Å². The first-order valence-corrected chi connectivity index (χ1v) is 11.5. The molecule has 2 unspecified atom stereocenters. The molecule has 2 aliphatic rings. The lowest BCUT2D eigenvalue weighted by Crippen LogP contribution is -2.54. The second-order valence-corrected chi connectivity index (χ2v) is 8.61. The number of piperidine rings is 1. The van der Waals surface area contributed by atoms with E-state index in [1.807, 2.05) is 18.2 Å². The van der Waals surface area contributed by atoms with E-state index < -0.39 is 12.1 Å². The summed E-state index contributed by atoms with van der Waals surface area (Å²) < 4.78 is 0. The number of benzene rings is 1. The zero-order valence-electron chi connectivity index (χ0n) is 17.7. The van der Waals surface area contributed by atoms with E-state index in [9.17, 15) is 14.7 Å². The number of unbranched alkanes of at least 4 members (excludes halogenated alkanes) is 7. The van der Waals surface area contributed by atoms with Crippen LogP contribution in [-0.2, 0) is 9.59 Å². The first kappa shape index (κ1) is 22.0. The van der Waals surface area contributed by atoms with Gasteiger partial charge in [0.15, 0.2) is 0 Å². The number of imide groups is 1. The quantitative estimate of drug-likeness (QED) is 0.432. The van der Waals surface area contributed by atoms with Gasteiger partial charge in [0.2, 0.25) is 5.91 Å². The summed E-state index contributed by atoms with van der Waals surface area (Å²) in [5, 5.41) is 13.9. The molecule has 0 spiro atoms. The Kier molecular flexibility index (Phi) is 8.25. The summed E-state index contributed by atoms with van der Waals surface area (Å²) >= 11 is 0. The fraction of sp³-hybridized carbons (Fsp3) is 0.667. The van der Waals surface area contributed by atoms with Gasteiger partial charge < -0.3 is 5.11 Å². The highest BCUT2D eigenvalue weighted by Gasteiger charge is 2.51. The SMILES string of the molecule is CCCCCCCCCC[C@@H](O)[C@H]1CCC2C(=O)N(c3ccccc3)C(=O)C2N1.